The molecule has 196 valence electrons. The van der Waals surface area contributed by atoms with E-state index >= 15 is 4.39 Å². The standard InChI is InChI=1S/C26H27F2N3O5S/c1-31(25(34)17(12-22(32)33)11-15-7-9-36-10-8-15)26-30-23(24(28)37-26)20-13-18(27)4-5-19(20)16-3-6-21(35-2)29-14-16/h3-6,13-15,17H,7-12H2,1-2H3,(H,32,33). The van der Waals surface area contributed by atoms with Crippen LogP contribution in [-0.4, -0.2) is 54.3 Å². The molecule has 2 aromatic heterocycles. The van der Waals surface area contributed by atoms with Gasteiger partial charge in [-0.2, -0.15) is 4.39 Å². The van der Waals surface area contributed by atoms with Crippen LogP contribution in [0, 0.1) is 22.8 Å². The number of carboxylic acid groups (broad SMARTS) is 1. The number of amides is 1. The average Bonchev–Trinajstić information content (AvgIpc) is 3.29. The van der Waals surface area contributed by atoms with Crippen LogP contribution in [0.15, 0.2) is 36.5 Å². The van der Waals surface area contributed by atoms with Crippen LogP contribution in [0.2, 0.25) is 0 Å². The molecule has 1 unspecified atom stereocenters. The number of halogens is 2. The molecular formula is C26H27F2N3O5S. The molecule has 1 fully saturated rings. The first-order valence-electron chi connectivity index (χ1n) is 11.8. The van der Waals surface area contributed by atoms with E-state index in [1.165, 1.54) is 43.5 Å². The molecule has 1 N–H and O–H groups in total. The molecule has 0 saturated carbocycles. The Kier molecular flexibility index (Phi) is 8.45. The molecule has 0 radical (unpaired) electrons. The lowest BCUT2D eigenvalue weighted by molar-refractivity contribution is -0.141. The minimum Gasteiger partial charge on any atom is -0.481 e. The zero-order valence-corrected chi connectivity index (χ0v) is 21.3. The second-order valence-electron chi connectivity index (χ2n) is 8.88. The fourth-order valence-corrected chi connectivity index (χ4v) is 5.24. The highest BCUT2D eigenvalue weighted by molar-refractivity contribution is 7.14. The number of hydrogen-bond acceptors (Lipinski definition) is 7. The number of nitrogens with zero attached hydrogens (tertiary/aromatic N) is 3. The predicted molar refractivity (Wildman–Crippen MR) is 135 cm³/mol. The summed E-state index contributed by atoms with van der Waals surface area (Å²) in [5.41, 5.74) is 1.21. The van der Waals surface area contributed by atoms with Crippen LogP contribution in [0.3, 0.4) is 0 Å². The van der Waals surface area contributed by atoms with Crippen LogP contribution in [0.4, 0.5) is 13.9 Å². The lowest BCUT2D eigenvalue weighted by atomic mass is 9.86. The van der Waals surface area contributed by atoms with Gasteiger partial charge in [0, 0.05) is 49.6 Å². The summed E-state index contributed by atoms with van der Waals surface area (Å²) in [5, 5.41) is 8.76. The smallest absolute Gasteiger partial charge is 0.304 e. The van der Waals surface area contributed by atoms with Crippen molar-refractivity contribution in [3.05, 3.63) is 47.5 Å². The minimum atomic E-state index is -1.08. The van der Waals surface area contributed by atoms with E-state index in [-0.39, 0.29) is 28.7 Å². The van der Waals surface area contributed by atoms with Crippen molar-refractivity contribution in [1.82, 2.24) is 9.97 Å². The number of rotatable bonds is 9. The zero-order chi connectivity index (χ0) is 26.5. The topological polar surface area (TPSA) is 102 Å². The van der Waals surface area contributed by atoms with Crippen molar-refractivity contribution >= 4 is 28.3 Å². The van der Waals surface area contributed by atoms with Gasteiger partial charge in [0.05, 0.1) is 13.5 Å². The number of anilines is 1. The number of benzene rings is 1. The third-order valence-electron chi connectivity index (χ3n) is 6.41. The molecule has 0 spiro atoms. The second-order valence-corrected chi connectivity index (χ2v) is 9.81. The molecule has 1 atom stereocenters. The van der Waals surface area contributed by atoms with Crippen molar-refractivity contribution in [3.8, 4) is 28.3 Å². The van der Waals surface area contributed by atoms with Crippen molar-refractivity contribution in [3.63, 3.8) is 0 Å². The monoisotopic (exact) mass is 531 g/mol. The number of aliphatic carboxylic acids is 1. The van der Waals surface area contributed by atoms with Crippen LogP contribution < -0.4 is 9.64 Å². The highest BCUT2D eigenvalue weighted by Crippen LogP contribution is 2.38. The summed E-state index contributed by atoms with van der Waals surface area (Å²) in [6.45, 7) is 1.16. The van der Waals surface area contributed by atoms with Crippen molar-refractivity contribution in [2.24, 2.45) is 11.8 Å². The summed E-state index contributed by atoms with van der Waals surface area (Å²) in [5.74, 6) is -2.32. The van der Waals surface area contributed by atoms with Gasteiger partial charge in [-0.1, -0.05) is 17.4 Å². The SMILES string of the molecule is COc1ccc(-c2ccc(F)cc2-c2nc(N(C)C(=O)C(CC(=O)O)CC3CCOCC3)sc2F)cn1. The molecule has 4 rings (SSSR count). The molecule has 37 heavy (non-hydrogen) atoms. The van der Waals surface area contributed by atoms with Gasteiger partial charge in [-0.15, -0.1) is 0 Å². The molecule has 1 saturated heterocycles. The Hall–Kier alpha value is -3.44. The molecule has 8 nitrogen and oxygen atoms in total. The summed E-state index contributed by atoms with van der Waals surface area (Å²) in [7, 11) is 2.93. The summed E-state index contributed by atoms with van der Waals surface area (Å²) in [6.07, 6.45) is 3.11. The van der Waals surface area contributed by atoms with E-state index in [1.54, 1.807) is 12.1 Å². The fraction of sp³-hybridized carbons (Fsp3) is 0.385. The van der Waals surface area contributed by atoms with Crippen LogP contribution in [0.25, 0.3) is 22.4 Å². The van der Waals surface area contributed by atoms with Gasteiger partial charge in [0.2, 0.25) is 16.9 Å². The van der Waals surface area contributed by atoms with Gasteiger partial charge in [-0.25, -0.2) is 14.4 Å². The summed E-state index contributed by atoms with van der Waals surface area (Å²) in [4.78, 5) is 34.5. The number of methoxy groups -OCH3 is 1. The van der Waals surface area contributed by atoms with Gasteiger partial charge < -0.3 is 14.6 Å². The molecule has 3 aromatic rings. The first-order chi connectivity index (χ1) is 17.8. The Labute approximate surface area is 216 Å². The molecule has 1 aromatic carbocycles. The van der Waals surface area contributed by atoms with E-state index < -0.39 is 28.7 Å². The Morgan fingerprint density at radius 3 is 2.62 bits per heavy atom. The first-order valence-corrected chi connectivity index (χ1v) is 12.6. The Bertz CT molecular complexity index is 1260. The van der Waals surface area contributed by atoms with Crippen molar-refractivity contribution in [2.75, 3.05) is 32.3 Å². The Balaban J connectivity index is 1.63. The normalized spacial score (nSPS) is 14.8. The highest BCUT2D eigenvalue weighted by Gasteiger charge is 2.31. The number of aromatic nitrogens is 2. The molecule has 0 aliphatic carbocycles. The number of carboxylic acids is 1. The second kappa shape index (κ2) is 11.7. The van der Waals surface area contributed by atoms with E-state index in [1.807, 2.05) is 0 Å². The molecular weight excluding hydrogens is 504 g/mol. The van der Waals surface area contributed by atoms with E-state index in [0.29, 0.717) is 48.0 Å². The maximum absolute atomic E-state index is 15.2. The first kappa shape index (κ1) is 26.6. The maximum Gasteiger partial charge on any atom is 0.304 e. The van der Waals surface area contributed by atoms with E-state index in [2.05, 4.69) is 9.97 Å². The fourth-order valence-electron chi connectivity index (χ4n) is 4.46. The maximum atomic E-state index is 15.2. The quantitative estimate of drug-likeness (QED) is 0.413. The number of ether oxygens (including phenoxy) is 2. The number of hydrogen-bond donors (Lipinski definition) is 1. The predicted octanol–water partition coefficient (Wildman–Crippen LogP) is 5.03. The molecule has 1 amide bonds. The van der Waals surface area contributed by atoms with E-state index in [4.69, 9.17) is 9.47 Å². The van der Waals surface area contributed by atoms with Crippen molar-refractivity contribution in [2.45, 2.75) is 25.7 Å². The summed E-state index contributed by atoms with van der Waals surface area (Å²) in [6, 6.07) is 7.31. The molecule has 1 aliphatic rings. The Morgan fingerprint density at radius 2 is 1.97 bits per heavy atom. The lowest BCUT2D eigenvalue weighted by Crippen LogP contribution is -2.35. The number of carbonyl (C=O) groups is 2. The summed E-state index contributed by atoms with van der Waals surface area (Å²) >= 11 is 0.646. The van der Waals surface area contributed by atoms with E-state index in [0.717, 1.165) is 12.8 Å². The van der Waals surface area contributed by atoms with Crippen LogP contribution in [0.1, 0.15) is 25.7 Å². The number of pyridine rings is 1. The van der Waals surface area contributed by atoms with Gasteiger partial charge in [0.15, 0.2) is 5.13 Å². The van der Waals surface area contributed by atoms with Gasteiger partial charge in [0.1, 0.15) is 11.5 Å². The third-order valence-corrected chi connectivity index (χ3v) is 7.33. The van der Waals surface area contributed by atoms with Gasteiger partial charge in [0.25, 0.3) is 0 Å². The largest absolute Gasteiger partial charge is 0.481 e. The zero-order valence-electron chi connectivity index (χ0n) is 20.4. The molecule has 1 aliphatic heterocycles. The lowest BCUT2D eigenvalue weighted by Gasteiger charge is -2.27. The minimum absolute atomic E-state index is 0.0583. The van der Waals surface area contributed by atoms with Crippen molar-refractivity contribution in [1.29, 1.82) is 0 Å². The molecule has 0 bridgehead atoms. The molecule has 3 heterocycles. The third kappa shape index (κ3) is 6.28. The van der Waals surface area contributed by atoms with Gasteiger partial charge in [-0.3, -0.25) is 14.5 Å². The average molecular weight is 532 g/mol. The van der Waals surface area contributed by atoms with E-state index in [9.17, 15) is 19.1 Å². The van der Waals surface area contributed by atoms with Crippen LogP contribution in [0.5, 0.6) is 5.88 Å². The van der Waals surface area contributed by atoms with Gasteiger partial charge in [-0.05, 0) is 48.9 Å². The van der Waals surface area contributed by atoms with Crippen molar-refractivity contribution < 1.29 is 33.0 Å². The van der Waals surface area contributed by atoms with Crippen LogP contribution in [-0.2, 0) is 14.3 Å². The number of thiazole rings is 1. The number of carbonyl (C=O) groups excluding carboxylic acids is 1. The Morgan fingerprint density at radius 1 is 1.22 bits per heavy atom. The highest BCUT2D eigenvalue weighted by atomic mass is 32.1. The van der Waals surface area contributed by atoms with Crippen LogP contribution >= 0.6 is 11.3 Å². The molecule has 11 heteroatoms. The van der Waals surface area contributed by atoms with Gasteiger partial charge >= 0.3 is 5.97 Å². The summed E-state index contributed by atoms with van der Waals surface area (Å²) < 4.78 is 39.9.